The Kier molecular flexibility index (Phi) is 3.04. The summed E-state index contributed by atoms with van der Waals surface area (Å²) in [7, 11) is 0. The lowest BCUT2D eigenvalue weighted by Gasteiger charge is -2.20. The molecule has 3 aromatic carbocycles. The van der Waals surface area contributed by atoms with Crippen LogP contribution in [0.4, 0.5) is 0 Å². The fourth-order valence-electron chi connectivity index (χ4n) is 3.37. The lowest BCUT2D eigenvalue weighted by molar-refractivity contribution is 0.172. The zero-order valence-corrected chi connectivity index (χ0v) is 13.3. The van der Waals surface area contributed by atoms with E-state index in [2.05, 4.69) is 0 Å². The van der Waals surface area contributed by atoms with Crippen molar-refractivity contribution < 1.29 is 13.9 Å². The Labute approximate surface area is 143 Å². The molecule has 0 fully saturated rings. The third-order valence-electron chi connectivity index (χ3n) is 4.52. The van der Waals surface area contributed by atoms with Gasteiger partial charge in [0.05, 0.1) is 10.9 Å². The van der Waals surface area contributed by atoms with Crippen LogP contribution in [0.25, 0.3) is 32.9 Å². The van der Waals surface area contributed by atoms with Gasteiger partial charge in [-0.2, -0.15) is 0 Å². The molecule has 4 aromatic rings. The smallest absolute Gasteiger partial charge is 0.201 e. The van der Waals surface area contributed by atoms with Gasteiger partial charge in [-0.15, -0.1) is 0 Å². The van der Waals surface area contributed by atoms with Crippen molar-refractivity contribution in [3.8, 4) is 22.6 Å². The van der Waals surface area contributed by atoms with Gasteiger partial charge in [0, 0.05) is 5.56 Å². The highest BCUT2D eigenvalue weighted by Crippen LogP contribution is 2.39. The van der Waals surface area contributed by atoms with Crippen LogP contribution >= 0.6 is 0 Å². The van der Waals surface area contributed by atoms with Crippen LogP contribution in [-0.2, 0) is 0 Å². The van der Waals surface area contributed by atoms with E-state index in [9.17, 15) is 4.79 Å². The minimum Gasteiger partial charge on any atom is -0.486 e. The second kappa shape index (κ2) is 5.38. The van der Waals surface area contributed by atoms with Crippen LogP contribution in [0.5, 0.6) is 11.5 Å². The van der Waals surface area contributed by atoms with Gasteiger partial charge >= 0.3 is 0 Å². The molecule has 25 heavy (non-hydrogen) atoms. The summed E-state index contributed by atoms with van der Waals surface area (Å²) >= 11 is 0. The molecule has 0 bridgehead atoms. The minimum atomic E-state index is -0.0689. The van der Waals surface area contributed by atoms with E-state index in [0.717, 1.165) is 10.8 Å². The lowest BCUT2D eigenvalue weighted by atomic mass is 10.0. The minimum absolute atomic E-state index is 0.0689. The van der Waals surface area contributed by atoms with Gasteiger partial charge in [0.2, 0.25) is 5.43 Å². The van der Waals surface area contributed by atoms with Crippen LogP contribution in [0, 0.1) is 0 Å². The molecule has 122 valence electrons. The van der Waals surface area contributed by atoms with Crippen molar-refractivity contribution in [3.05, 3.63) is 71.1 Å². The van der Waals surface area contributed by atoms with Crippen LogP contribution in [0.1, 0.15) is 0 Å². The second-order valence-corrected chi connectivity index (χ2v) is 5.97. The van der Waals surface area contributed by atoms with Gasteiger partial charge in [-0.25, -0.2) is 0 Å². The molecule has 0 aliphatic carbocycles. The zero-order valence-electron chi connectivity index (χ0n) is 13.3. The summed E-state index contributed by atoms with van der Waals surface area (Å²) in [4.78, 5) is 13.3. The number of rotatable bonds is 1. The Balaban J connectivity index is 1.86. The quantitative estimate of drug-likeness (QED) is 0.486. The number of fused-ring (bicyclic) bond motifs is 4. The maximum Gasteiger partial charge on any atom is 0.201 e. The van der Waals surface area contributed by atoms with Crippen LogP contribution < -0.4 is 14.9 Å². The van der Waals surface area contributed by atoms with Crippen LogP contribution in [0.2, 0.25) is 0 Å². The third-order valence-corrected chi connectivity index (χ3v) is 4.52. The summed E-state index contributed by atoms with van der Waals surface area (Å²) in [5.74, 6) is 1.25. The molecule has 1 aliphatic heterocycles. The number of hydrogen-bond donors (Lipinski definition) is 0. The fraction of sp³-hybridized carbons (Fsp3) is 0.0952. The summed E-state index contributed by atoms with van der Waals surface area (Å²) in [5, 5.41) is 2.48. The average Bonchev–Trinajstić information content (AvgIpc) is 2.68. The lowest BCUT2D eigenvalue weighted by Crippen LogP contribution is -2.16. The second-order valence-electron chi connectivity index (χ2n) is 5.97. The van der Waals surface area contributed by atoms with Crippen molar-refractivity contribution in [2.24, 2.45) is 0 Å². The van der Waals surface area contributed by atoms with E-state index in [1.54, 1.807) is 0 Å². The summed E-state index contributed by atoms with van der Waals surface area (Å²) in [6.45, 7) is 0.972. The summed E-state index contributed by atoms with van der Waals surface area (Å²) in [6, 6.07) is 17.2. The van der Waals surface area contributed by atoms with Crippen LogP contribution in [-0.4, -0.2) is 13.2 Å². The molecule has 4 nitrogen and oxygen atoms in total. The van der Waals surface area contributed by atoms with Gasteiger partial charge in [-0.05, 0) is 22.9 Å². The van der Waals surface area contributed by atoms with Crippen LogP contribution in [0.3, 0.4) is 0 Å². The van der Waals surface area contributed by atoms with Crippen LogP contribution in [0.15, 0.2) is 70.1 Å². The number of ether oxygens (including phenoxy) is 2. The standard InChI is InChI=1S/C21H14O4/c22-20-16(15-6-3-7-18-21(15)24-11-10-23-18)12-25-17-9-8-13-4-1-2-5-14(13)19(17)20/h1-9,12H,10-11H2. The van der Waals surface area contributed by atoms with E-state index >= 15 is 0 Å². The number of benzene rings is 3. The highest BCUT2D eigenvalue weighted by atomic mass is 16.6. The topological polar surface area (TPSA) is 48.7 Å². The molecule has 0 saturated heterocycles. The molecule has 5 rings (SSSR count). The molecular weight excluding hydrogens is 316 g/mol. The van der Waals surface area contributed by atoms with E-state index < -0.39 is 0 Å². The molecule has 4 heteroatoms. The molecule has 0 amide bonds. The highest BCUT2D eigenvalue weighted by molar-refractivity contribution is 6.06. The Bertz CT molecular complexity index is 1170. The Morgan fingerprint density at radius 1 is 0.800 bits per heavy atom. The summed E-state index contributed by atoms with van der Waals surface area (Å²) in [6.07, 6.45) is 1.51. The average molecular weight is 330 g/mol. The number of para-hydroxylation sites is 1. The van der Waals surface area contributed by atoms with Gasteiger partial charge in [0.25, 0.3) is 0 Å². The molecule has 0 N–H and O–H groups in total. The first kappa shape index (κ1) is 14.1. The van der Waals surface area contributed by atoms with Gasteiger partial charge in [0.15, 0.2) is 11.5 Å². The SMILES string of the molecule is O=c1c(-c2cccc3c2OCCO3)coc2ccc3ccccc3c12. The predicted octanol–water partition coefficient (Wildman–Crippen LogP) is 4.38. The molecule has 0 radical (unpaired) electrons. The first-order valence-corrected chi connectivity index (χ1v) is 8.15. The Morgan fingerprint density at radius 3 is 2.64 bits per heavy atom. The maximum absolute atomic E-state index is 13.3. The molecule has 1 aliphatic rings. The Hall–Kier alpha value is -3.27. The van der Waals surface area contributed by atoms with Gasteiger partial charge in [-0.1, -0.05) is 42.5 Å². The van der Waals surface area contributed by atoms with Gasteiger partial charge < -0.3 is 13.9 Å². The van der Waals surface area contributed by atoms with E-state index in [0.29, 0.717) is 46.8 Å². The summed E-state index contributed by atoms with van der Waals surface area (Å²) < 4.78 is 17.2. The van der Waals surface area contributed by atoms with Crippen molar-refractivity contribution in [1.82, 2.24) is 0 Å². The van der Waals surface area contributed by atoms with E-state index in [1.165, 1.54) is 6.26 Å². The highest BCUT2D eigenvalue weighted by Gasteiger charge is 2.20. The van der Waals surface area contributed by atoms with Gasteiger partial charge in [-0.3, -0.25) is 4.79 Å². The molecule has 0 atom stereocenters. The van der Waals surface area contributed by atoms with Crippen molar-refractivity contribution in [2.75, 3.05) is 13.2 Å². The maximum atomic E-state index is 13.3. The molecule has 0 unspecified atom stereocenters. The first-order chi connectivity index (χ1) is 12.3. The normalized spacial score (nSPS) is 13.3. The predicted molar refractivity (Wildman–Crippen MR) is 96.4 cm³/mol. The van der Waals surface area contributed by atoms with Crippen molar-refractivity contribution in [3.63, 3.8) is 0 Å². The third kappa shape index (κ3) is 2.11. The summed E-state index contributed by atoms with van der Waals surface area (Å²) in [5.41, 5.74) is 1.68. The van der Waals surface area contributed by atoms with Crippen molar-refractivity contribution in [2.45, 2.75) is 0 Å². The largest absolute Gasteiger partial charge is 0.486 e. The Morgan fingerprint density at radius 2 is 1.68 bits per heavy atom. The van der Waals surface area contributed by atoms with Crippen molar-refractivity contribution in [1.29, 1.82) is 0 Å². The van der Waals surface area contributed by atoms with Crippen molar-refractivity contribution >= 4 is 21.7 Å². The van der Waals surface area contributed by atoms with E-state index in [4.69, 9.17) is 13.9 Å². The van der Waals surface area contributed by atoms with E-state index in [1.807, 2.05) is 54.6 Å². The molecule has 2 heterocycles. The number of hydrogen-bond acceptors (Lipinski definition) is 4. The molecule has 0 spiro atoms. The van der Waals surface area contributed by atoms with Gasteiger partial charge in [0.1, 0.15) is 25.1 Å². The monoisotopic (exact) mass is 330 g/mol. The first-order valence-electron chi connectivity index (χ1n) is 8.15. The molecule has 1 aromatic heterocycles. The molecule has 0 saturated carbocycles. The zero-order chi connectivity index (χ0) is 16.8. The molecular formula is C21H14O4. The van der Waals surface area contributed by atoms with E-state index in [-0.39, 0.29) is 5.43 Å². The fourth-order valence-corrected chi connectivity index (χ4v) is 3.37.